The molecule has 0 spiro atoms. The molecule has 0 unspecified atom stereocenters. The van der Waals surface area contributed by atoms with Crippen LogP contribution in [0.5, 0.6) is 0 Å². The van der Waals surface area contributed by atoms with Crippen molar-refractivity contribution >= 4 is 12.0 Å². The van der Waals surface area contributed by atoms with Crippen LogP contribution in [-0.2, 0) is 9.53 Å². The SMILES string of the molecule is COC(=O)/C=C/c1ccccc1C#N. The van der Waals surface area contributed by atoms with E-state index in [9.17, 15) is 4.79 Å². The molecule has 0 saturated heterocycles. The second-order valence-electron chi connectivity index (χ2n) is 2.56. The predicted molar refractivity (Wildman–Crippen MR) is 52.2 cm³/mol. The first-order valence-corrected chi connectivity index (χ1v) is 4.03. The van der Waals surface area contributed by atoms with Gasteiger partial charge in [-0.3, -0.25) is 0 Å². The van der Waals surface area contributed by atoms with Crippen molar-refractivity contribution in [3.05, 3.63) is 41.5 Å². The van der Waals surface area contributed by atoms with Crippen molar-refractivity contribution in [1.82, 2.24) is 0 Å². The summed E-state index contributed by atoms with van der Waals surface area (Å²) in [7, 11) is 1.31. The number of nitrogens with zero attached hydrogens (tertiary/aromatic N) is 1. The third kappa shape index (κ3) is 2.46. The highest BCUT2D eigenvalue weighted by molar-refractivity contribution is 5.87. The number of carbonyl (C=O) groups is 1. The van der Waals surface area contributed by atoms with Crippen molar-refractivity contribution in [2.24, 2.45) is 0 Å². The van der Waals surface area contributed by atoms with Crippen molar-refractivity contribution in [3.63, 3.8) is 0 Å². The zero-order valence-electron chi connectivity index (χ0n) is 7.73. The predicted octanol–water partition coefficient (Wildman–Crippen LogP) is 1.74. The lowest BCUT2D eigenvalue weighted by Crippen LogP contribution is -1.93. The van der Waals surface area contributed by atoms with E-state index in [0.717, 1.165) is 0 Å². The minimum Gasteiger partial charge on any atom is -0.466 e. The Labute approximate surface area is 82.2 Å². The molecule has 0 N–H and O–H groups in total. The topological polar surface area (TPSA) is 50.1 Å². The molecule has 0 fully saturated rings. The van der Waals surface area contributed by atoms with Gasteiger partial charge in [0.2, 0.25) is 0 Å². The molecule has 0 saturated carbocycles. The zero-order chi connectivity index (χ0) is 10.4. The Hall–Kier alpha value is -2.08. The Morgan fingerprint density at radius 2 is 2.21 bits per heavy atom. The molecule has 3 heteroatoms. The minimum atomic E-state index is -0.433. The van der Waals surface area contributed by atoms with Crippen LogP contribution in [0, 0.1) is 11.3 Å². The molecule has 1 aromatic carbocycles. The van der Waals surface area contributed by atoms with E-state index in [0.29, 0.717) is 11.1 Å². The van der Waals surface area contributed by atoms with Crippen LogP contribution < -0.4 is 0 Å². The Bertz CT molecular complexity index is 402. The third-order valence-electron chi connectivity index (χ3n) is 1.68. The quantitative estimate of drug-likeness (QED) is 0.523. The summed E-state index contributed by atoms with van der Waals surface area (Å²) in [5.41, 5.74) is 1.24. The average Bonchev–Trinajstić information content (AvgIpc) is 2.26. The Morgan fingerprint density at radius 1 is 1.50 bits per heavy atom. The summed E-state index contributed by atoms with van der Waals surface area (Å²) in [6, 6.07) is 9.06. The van der Waals surface area contributed by atoms with Crippen LogP contribution in [0.1, 0.15) is 11.1 Å². The molecule has 0 amide bonds. The third-order valence-corrected chi connectivity index (χ3v) is 1.68. The first kappa shape index (κ1) is 10.0. The van der Waals surface area contributed by atoms with Gasteiger partial charge in [-0.2, -0.15) is 5.26 Å². The zero-order valence-corrected chi connectivity index (χ0v) is 7.73. The van der Waals surface area contributed by atoms with E-state index >= 15 is 0 Å². The number of hydrogen-bond donors (Lipinski definition) is 0. The van der Waals surface area contributed by atoms with Gasteiger partial charge < -0.3 is 4.74 Å². The van der Waals surface area contributed by atoms with Crippen LogP contribution in [0.4, 0.5) is 0 Å². The van der Waals surface area contributed by atoms with E-state index in [2.05, 4.69) is 4.74 Å². The van der Waals surface area contributed by atoms with Gasteiger partial charge in [-0.15, -0.1) is 0 Å². The fraction of sp³-hybridized carbons (Fsp3) is 0.0909. The van der Waals surface area contributed by atoms with E-state index in [1.54, 1.807) is 30.3 Å². The smallest absolute Gasteiger partial charge is 0.330 e. The standard InChI is InChI=1S/C11H9NO2/c1-14-11(13)7-6-9-4-2-3-5-10(9)8-12/h2-7H,1H3/b7-6+. The highest BCUT2D eigenvalue weighted by Crippen LogP contribution is 2.08. The van der Waals surface area contributed by atoms with Crippen LogP contribution in [-0.4, -0.2) is 13.1 Å². The van der Waals surface area contributed by atoms with Crippen molar-refractivity contribution in [2.45, 2.75) is 0 Å². The second-order valence-corrected chi connectivity index (χ2v) is 2.56. The lowest BCUT2D eigenvalue weighted by molar-refractivity contribution is -0.134. The fourth-order valence-corrected chi connectivity index (χ4v) is 0.970. The van der Waals surface area contributed by atoms with Gasteiger partial charge >= 0.3 is 5.97 Å². The van der Waals surface area contributed by atoms with E-state index in [-0.39, 0.29) is 0 Å². The largest absolute Gasteiger partial charge is 0.466 e. The van der Waals surface area contributed by atoms with Crippen LogP contribution in [0.15, 0.2) is 30.3 Å². The number of carbonyl (C=O) groups excluding carboxylic acids is 1. The van der Waals surface area contributed by atoms with Crippen molar-refractivity contribution < 1.29 is 9.53 Å². The first-order chi connectivity index (χ1) is 6.77. The second kappa shape index (κ2) is 4.83. The molecule has 0 radical (unpaired) electrons. The molecule has 1 rings (SSSR count). The lowest BCUT2D eigenvalue weighted by Gasteiger charge is -1.95. The number of hydrogen-bond acceptors (Lipinski definition) is 3. The molecule has 0 heterocycles. The Kier molecular flexibility index (Phi) is 3.45. The summed E-state index contributed by atoms with van der Waals surface area (Å²) in [4.78, 5) is 10.8. The summed E-state index contributed by atoms with van der Waals surface area (Å²) >= 11 is 0. The summed E-state index contributed by atoms with van der Waals surface area (Å²) in [6.07, 6.45) is 2.85. The molecule has 1 aromatic rings. The first-order valence-electron chi connectivity index (χ1n) is 4.03. The van der Waals surface area contributed by atoms with Crippen LogP contribution in [0.2, 0.25) is 0 Å². The molecule has 0 aliphatic heterocycles. The number of benzene rings is 1. The minimum absolute atomic E-state index is 0.433. The van der Waals surface area contributed by atoms with Gasteiger partial charge in [0.15, 0.2) is 0 Å². The summed E-state index contributed by atoms with van der Waals surface area (Å²) < 4.78 is 4.44. The number of esters is 1. The number of rotatable bonds is 2. The summed E-state index contributed by atoms with van der Waals surface area (Å²) in [5.74, 6) is -0.433. The van der Waals surface area contributed by atoms with Crippen molar-refractivity contribution in [1.29, 1.82) is 5.26 Å². The van der Waals surface area contributed by atoms with E-state index in [4.69, 9.17) is 5.26 Å². The van der Waals surface area contributed by atoms with Crippen molar-refractivity contribution in [3.8, 4) is 6.07 Å². The Morgan fingerprint density at radius 3 is 2.86 bits per heavy atom. The molecule has 3 nitrogen and oxygen atoms in total. The van der Waals surface area contributed by atoms with E-state index < -0.39 is 5.97 Å². The number of ether oxygens (including phenoxy) is 1. The number of methoxy groups -OCH3 is 1. The van der Waals surface area contributed by atoms with Crippen LogP contribution >= 0.6 is 0 Å². The van der Waals surface area contributed by atoms with Crippen molar-refractivity contribution in [2.75, 3.05) is 7.11 Å². The highest BCUT2D eigenvalue weighted by atomic mass is 16.5. The molecule has 0 aromatic heterocycles. The summed E-state index contributed by atoms with van der Waals surface area (Å²) in [6.45, 7) is 0. The molecule has 0 aliphatic carbocycles. The van der Waals surface area contributed by atoms with Crippen LogP contribution in [0.3, 0.4) is 0 Å². The van der Waals surface area contributed by atoms with Gasteiger partial charge in [0.25, 0.3) is 0 Å². The molecule has 0 atom stereocenters. The number of nitriles is 1. The lowest BCUT2D eigenvalue weighted by atomic mass is 10.1. The molecular formula is C11H9NO2. The molecule has 0 bridgehead atoms. The van der Waals surface area contributed by atoms with Gasteiger partial charge in [0.1, 0.15) is 0 Å². The van der Waals surface area contributed by atoms with E-state index in [1.165, 1.54) is 13.2 Å². The van der Waals surface area contributed by atoms with E-state index in [1.807, 2.05) is 6.07 Å². The van der Waals surface area contributed by atoms with Gasteiger partial charge in [0, 0.05) is 6.08 Å². The van der Waals surface area contributed by atoms with Crippen LogP contribution in [0.25, 0.3) is 6.08 Å². The molecule has 70 valence electrons. The van der Waals surface area contributed by atoms with Gasteiger partial charge in [-0.1, -0.05) is 18.2 Å². The molecule has 14 heavy (non-hydrogen) atoms. The average molecular weight is 187 g/mol. The normalized spacial score (nSPS) is 9.71. The summed E-state index contributed by atoms with van der Waals surface area (Å²) in [5, 5.41) is 8.74. The maximum atomic E-state index is 10.8. The maximum absolute atomic E-state index is 10.8. The monoisotopic (exact) mass is 187 g/mol. The van der Waals surface area contributed by atoms with Gasteiger partial charge in [-0.25, -0.2) is 4.79 Å². The van der Waals surface area contributed by atoms with Gasteiger partial charge in [-0.05, 0) is 17.7 Å². The highest BCUT2D eigenvalue weighted by Gasteiger charge is 1.97. The Balaban J connectivity index is 2.92. The fourth-order valence-electron chi connectivity index (χ4n) is 0.970. The maximum Gasteiger partial charge on any atom is 0.330 e. The van der Waals surface area contributed by atoms with Gasteiger partial charge in [0.05, 0.1) is 18.7 Å². The molecule has 0 aliphatic rings. The molecular weight excluding hydrogens is 178 g/mol.